The number of ketones is 1. The fourth-order valence-corrected chi connectivity index (χ4v) is 3.42. The lowest BCUT2D eigenvalue weighted by Crippen LogP contribution is -2.28. The van der Waals surface area contributed by atoms with Crippen LogP contribution in [0.25, 0.3) is 0 Å². The van der Waals surface area contributed by atoms with Crippen LogP contribution in [0.3, 0.4) is 0 Å². The van der Waals surface area contributed by atoms with E-state index in [0.29, 0.717) is 23.5 Å². The zero-order chi connectivity index (χ0) is 17.5. The van der Waals surface area contributed by atoms with Gasteiger partial charge in [-0.25, -0.2) is 0 Å². The van der Waals surface area contributed by atoms with Crippen LogP contribution in [-0.4, -0.2) is 5.78 Å². The third-order valence-electron chi connectivity index (χ3n) is 5.74. The summed E-state index contributed by atoms with van der Waals surface area (Å²) in [6.07, 6.45) is 4.82. The Morgan fingerprint density at radius 1 is 1.04 bits per heavy atom. The molecule has 3 atom stereocenters. The zero-order valence-electron chi connectivity index (χ0n) is 16.1. The van der Waals surface area contributed by atoms with E-state index < -0.39 is 0 Å². The van der Waals surface area contributed by atoms with Crippen molar-refractivity contribution in [1.82, 2.24) is 0 Å². The first-order valence-electron chi connectivity index (χ1n) is 9.34. The van der Waals surface area contributed by atoms with Crippen molar-refractivity contribution < 1.29 is 4.79 Å². The number of hydrogen-bond acceptors (Lipinski definition) is 1. The topological polar surface area (TPSA) is 17.1 Å². The summed E-state index contributed by atoms with van der Waals surface area (Å²) in [7, 11) is 0. The highest BCUT2D eigenvalue weighted by atomic mass is 16.1. The summed E-state index contributed by atoms with van der Waals surface area (Å²) < 4.78 is 0. The molecule has 0 saturated heterocycles. The second-order valence-corrected chi connectivity index (χ2v) is 8.12. The highest BCUT2D eigenvalue weighted by Gasteiger charge is 2.30. The molecule has 0 spiro atoms. The minimum absolute atomic E-state index is 0.161. The largest absolute Gasteiger partial charge is 0.300 e. The number of benzene rings is 1. The van der Waals surface area contributed by atoms with Gasteiger partial charge in [0, 0.05) is 12.8 Å². The minimum atomic E-state index is 0.161. The molecule has 0 fully saturated rings. The van der Waals surface area contributed by atoms with Crippen LogP contribution in [-0.2, 0) is 11.2 Å². The van der Waals surface area contributed by atoms with E-state index in [9.17, 15) is 4.79 Å². The van der Waals surface area contributed by atoms with Crippen molar-refractivity contribution in [3.05, 3.63) is 35.9 Å². The third-order valence-corrected chi connectivity index (χ3v) is 5.74. The van der Waals surface area contributed by atoms with Gasteiger partial charge < -0.3 is 0 Å². The van der Waals surface area contributed by atoms with Crippen LogP contribution < -0.4 is 0 Å². The summed E-state index contributed by atoms with van der Waals surface area (Å²) >= 11 is 0. The first-order chi connectivity index (χ1) is 10.8. The molecule has 0 aliphatic heterocycles. The maximum Gasteiger partial charge on any atom is 0.133 e. The summed E-state index contributed by atoms with van der Waals surface area (Å²) in [5.41, 5.74) is 1.53. The monoisotopic (exact) mass is 316 g/mol. The predicted molar refractivity (Wildman–Crippen MR) is 101 cm³/mol. The zero-order valence-corrected chi connectivity index (χ0v) is 16.1. The molecule has 3 unspecified atom stereocenters. The molecular weight excluding hydrogens is 280 g/mol. The molecule has 0 aliphatic carbocycles. The Morgan fingerprint density at radius 2 is 1.65 bits per heavy atom. The van der Waals surface area contributed by atoms with Crippen LogP contribution in [0.15, 0.2) is 30.3 Å². The highest BCUT2D eigenvalue weighted by molar-refractivity contribution is 5.79. The Labute approximate surface area is 143 Å². The maximum atomic E-state index is 12.6. The molecule has 0 heterocycles. The van der Waals surface area contributed by atoms with Gasteiger partial charge in [0.2, 0.25) is 0 Å². The molecule has 1 heteroatoms. The fourth-order valence-electron chi connectivity index (χ4n) is 3.42. The SMILES string of the molecule is CCCC(C)(CC(=O)CC(C)C(C)Cc1ccccc1)C(C)C. The maximum absolute atomic E-state index is 12.6. The van der Waals surface area contributed by atoms with Crippen LogP contribution in [0.5, 0.6) is 0 Å². The lowest BCUT2D eigenvalue weighted by molar-refractivity contribution is -0.123. The summed E-state index contributed by atoms with van der Waals surface area (Å²) in [5, 5.41) is 0. The first kappa shape index (κ1) is 19.9. The van der Waals surface area contributed by atoms with Gasteiger partial charge in [0.15, 0.2) is 0 Å². The quantitative estimate of drug-likeness (QED) is 0.494. The molecule has 1 nitrogen and oxygen atoms in total. The second kappa shape index (κ2) is 9.25. The molecule has 23 heavy (non-hydrogen) atoms. The van der Waals surface area contributed by atoms with Crippen LogP contribution in [0.4, 0.5) is 0 Å². The number of carbonyl (C=O) groups is 1. The molecule has 0 saturated carbocycles. The van der Waals surface area contributed by atoms with Gasteiger partial charge in [-0.15, -0.1) is 0 Å². The summed E-state index contributed by atoms with van der Waals surface area (Å²) in [4.78, 5) is 12.6. The van der Waals surface area contributed by atoms with Crippen LogP contribution in [0.2, 0.25) is 0 Å². The Balaban J connectivity index is 2.55. The summed E-state index contributed by atoms with van der Waals surface area (Å²) in [6, 6.07) is 10.6. The van der Waals surface area contributed by atoms with Crippen molar-refractivity contribution in [1.29, 1.82) is 0 Å². The molecule has 130 valence electrons. The van der Waals surface area contributed by atoms with E-state index in [1.807, 2.05) is 0 Å². The van der Waals surface area contributed by atoms with Crippen molar-refractivity contribution in [2.45, 2.75) is 73.6 Å². The van der Waals surface area contributed by atoms with Crippen LogP contribution >= 0.6 is 0 Å². The second-order valence-electron chi connectivity index (χ2n) is 8.12. The van der Waals surface area contributed by atoms with Gasteiger partial charge in [0.05, 0.1) is 0 Å². The third kappa shape index (κ3) is 6.49. The van der Waals surface area contributed by atoms with Crippen molar-refractivity contribution in [2.24, 2.45) is 23.2 Å². The fraction of sp³-hybridized carbons (Fsp3) is 0.682. The van der Waals surface area contributed by atoms with Crippen LogP contribution in [0, 0.1) is 23.2 Å². The van der Waals surface area contributed by atoms with E-state index >= 15 is 0 Å². The Bertz CT molecular complexity index is 462. The molecule has 0 bridgehead atoms. The van der Waals surface area contributed by atoms with Gasteiger partial charge in [0.25, 0.3) is 0 Å². The predicted octanol–water partition coefficient (Wildman–Crippen LogP) is 6.31. The minimum Gasteiger partial charge on any atom is -0.300 e. The molecule has 0 radical (unpaired) electrons. The number of Topliss-reactive ketones (excluding diaryl/α,β-unsaturated/α-hetero) is 1. The molecule has 1 aromatic rings. The van der Waals surface area contributed by atoms with Gasteiger partial charge in [0.1, 0.15) is 5.78 Å². The molecule has 0 amide bonds. The van der Waals surface area contributed by atoms with E-state index in [2.05, 4.69) is 71.9 Å². The molecule has 0 aromatic heterocycles. The van der Waals surface area contributed by atoms with Crippen molar-refractivity contribution in [3.63, 3.8) is 0 Å². The first-order valence-corrected chi connectivity index (χ1v) is 9.34. The Morgan fingerprint density at radius 3 is 2.17 bits per heavy atom. The van der Waals surface area contributed by atoms with Gasteiger partial charge in [-0.3, -0.25) is 4.79 Å². The average molecular weight is 317 g/mol. The van der Waals surface area contributed by atoms with Gasteiger partial charge >= 0.3 is 0 Å². The molecule has 1 rings (SSSR count). The smallest absolute Gasteiger partial charge is 0.133 e. The molecule has 0 aliphatic rings. The Hall–Kier alpha value is -1.11. The lowest BCUT2D eigenvalue weighted by Gasteiger charge is -2.33. The number of hydrogen-bond donors (Lipinski definition) is 0. The van der Waals surface area contributed by atoms with Crippen LogP contribution in [0.1, 0.15) is 72.8 Å². The standard InChI is InChI=1S/C22H36O/c1-7-13-22(6,17(2)3)16-21(23)15-19(5)18(4)14-20-11-9-8-10-12-20/h8-12,17-19H,7,13-16H2,1-6H3. The van der Waals surface area contributed by atoms with Gasteiger partial charge in [-0.1, -0.05) is 78.3 Å². The number of rotatable bonds is 10. The van der Waals surface area contributed by atoms with E-state index in [1.54, 1.807) is 0 Å². The van der Waals surface area contributed by atoms with Gasteiger partial charge in [-0.05, 0) is 41.6 Å². The molecule has 1 aromatic carbocycles. The van der Waals surface area contributed by atoms with E-state index in [1.165, 1.54) is 5.56 Å². The molecular formula is C22H36O. The highest BCUT2D eigenvalue weighted by Crippen LogP contribution is 2.37. The van der Waals surface area contributed by atoms with Crippen molar-refractivity contribution in [2.75, 3.05) is 0 Å². The van der Waals surface area contributed by atoms with E-state index in [4.69, 9.17) is 0 Å². The van der Waals surface area contributed by atoms with Crippen molar-refractivity contribution >= 4 is 5.78 Å². The number of carbonyl (C=O) groups excluding carboxylic acids is 1. The normalized spacial score (nSPS) is 16.8. The van der Waals surface area contributed by atoms with E-state index in [-0.39, 0.29) is 5.41 Å². The summed E-state index contributed by atoms with van der Waals surface area (Å²) in [5.74, 6) is 1.99. The van der Waals surface area contributed by atoms with E-state index in [0.717, 1.165) is 32.1 Å². The molecule has 0 N–H and O–H groups in total. The van der Waals surface area contributed by atoms with Crippen molar-refractivity contribution in [3.8, 4) is 0 Å². The lowest BCUT2D eigenvalue weighted by atomic mass is 9.71. The average Bonchev–Trinajstić information content (AvgIpc) is 2.47. The van der Waals surface area contributed by atoms with Gasteiger partial charge in [-0.2, -0.15) is 0 Å². The summed E-state index contributed by atoms with van der Waals surface area (Å²) in [6.45, 7) is 13.5. The Kier molecular flexibility index (Phi) is 8.02.